The molecule has 3 rings (SSSR count). The summed E-state index contributed by atoms with van der Waals surface area (Å²) in [5.74, 6) is 0.730. The lowest BCUT2D eigenvalue weighted by atomic mass is 10.2. The lowest BCUT2D eigenvalue weighted by Gasteiger charge is -2.20. The van der Waals surface area contributed by atoms with E-state index in [4.69, 9.17) is 0 Å². The Bertz CT molecular complexity index is 789. The van der Waals surface area contributed by atoms with Crippen LogP contribution in [0.15, 0.2) is 35.8 Å². The third kappa shape index (κ3) is 3.59. The molecule has 1 aliphatic carbocycles. The van der Waals surface area contributed by atoms with Gasteiger partial charge in [-0.2, -0.15) is 0 Å². The van der Waals surface area contributed by atoms with Gasteiger partial charge < -0.3 is 9.88 Å². The van der Waals surface area contributed by atoms with Crippen LogP contribution in [-0.4, -0.2) is 27.3 Å². The first-order valence-corrected chi connectivity index (χ1v) is 8.45. The summed E-state index contributed by atoms with van der Waals surface area (Å²) in [7, 11) is 0. The van der Waals surface area contributed by atoms with Crippen molar-refractivity contribution in [1.29, 1.82) is 0 Å². The number of nitrogens with zero attached hydrogens (tertiary/aromatic N) is 2. The van der Waals surface area contributed by atoms with E-state index in [0.717, 1.165) is 17.7 Å². The van der Waals surface area contributed by atoms with Gasteiger partial charge in [0.25, 0.3) is 11.5 Å². The van der Waals surface area contributed by atoms with Crippen LogP contribution in [0.2, 0.25) is 0 Å². The monoisotopic (exact) mass is 329 g/mol. The number of aryl methyl sites for hydroxylation is 1. The highest BCUT2D eigenvalue weighted by Crippen LogP contribution is 2.37. The Morgan fingerprint density at radius 3 is 2.87 bits per heavy atom. The minimum absolute atomic E-state index is 0.0875. The summed E-state index contributed by atoms with van der Waals surface area (Å²) >= 11 is 1.64. The average molecular weight is 329 g/mol. The Morgan fingerprint density at radius 1 is 1.52 bits per heavy atom. The fourth-order valence-corrected chi connectivity index (χ4v) is 3.34. The zero-order valence-corrected chi connectivity index (χ0v) is 13.9. The van der Waals surface area contributed by atoms with E-state index in [9.17, 15) is 9.59 Å². The molecule has 0 aliphatic heterocycles. The van der Waals surface area contributed by atoms with Gasteiger partial charge in [0.15, 0.2) is 0 Å². The summed E-state index contributed by atoms with van der Waals surface area (Å²) in [6.07, 6.45) is 5.18. The van der Waals surface area contributed by atoms with E-state index in [-0.39, 0.29) is 17.0 Å². The Balaban J connectivity index is 1.82. The number of thiophene rings is 1. The second kappa shape index (κ2) is 6.50. The first-order valence-electron chi connectivity index (χ1n) is 7.63. The van der Waals surface area contributed by atoms with Crippen LogP contribution >= 0.6 is 11.3 Å². The summed E-state index contributed by atoms with van der Waals surface area (Å²) in [6, 6.07) is 4.03. The molecule has 0 bridgehead atoms. The van der Waals surface area contributed by atoms with Gasteiger partial charge in [0, 0.05) is 28.4 Å². The maximum absolute atomic E-state index is 12.7. The van der Waals surface area contributed by atoms with E-state index >= 15 is 0 Å². The molecular formula is C17H19N3O2S. The lowest BCUT2D eigenvalue weighted by Crippen LogP contribution is -2.34. The molecule has 2 heterocycles. The number of H-pyrrole nitrogens is 1. The van der Waals surface area contributed by atoms with Crippen LogP contribution in [-0.2, 0) is 6.54 Å². The van der Waals surface area contributed by atoms with Crippen LogP contribution in [0.3, 0.4) is 0 Å². The van der Waals surface area contributed by atoms with E-state index in [1.807, 2.05) is 19.1 Å². The summed E-state index contributed by atoms with van der Waals surface area (Å²) < 4.78 is 0. The normalized spacial score (nSPS) is 13.8. The first kappa shape index (κ1) is 15.7. The molecule has 0 atom stereocenters. The van der Waals surface area contributed by atoms with Crippen LogP contribution in [0.5, 0.6) is 0 Å². The van der Waals surface area contributed by atoms with Crippen LogP contribution < -0.4 is 5.56 Å². The molecule has 0 radical (unpaired) electrons. The predicted octanol–water partition coefficient (Wildman–Crippen LogP) is 2.85. The fourth-order valence-electron chi connectivity index (χ4n) is 2.43. The molecule has 1 amide bonds. The predicted molar refractivity (Wildman–Crippen MR) is 90.8 cm³/mol. The van der Waals surface area contributed by atoms with Gasteiger partial charge in [-0.3, -0.25) is 9.59 Å². The Kier molecular flexibility index (Phi) is 4.43. The van der Waals surface area contributed by atoms with Gasteiger partial charge in [0.05, 0.1) is 6.54 Å². The molecule has 120 valence electrons. The highest BCUT2D eigenvalue weighted by atomic mass is 32.1. The van der Waals surface area contributed by atoms with E-state index < -0.39 is 0 Å². The zero-order chi connectivity index (χ0) is 16.4. The molecule has 1 fully saturated rings. The largest absolute Gasteiger partial charge is 0.330 e. The van der Waals surface area contributed by atoms with Crippen LogP contribution in [0, 0.1) is 6.92 Å². The molecule has 1 N–H and O–H groups in total. The number of aromatic amines is 1. The summed E-state index contributed by atoms with van der Waals surface area (Å²) in [4.78, 5) is 35.8. The van der Waals surface area contributed by atoms with Crippen molar-refractivity contribution >= 4 is 17.2 Å². The van der Waals surface area contributed by atoms with Crippen molar-refractivity contribution < 1.29 is 4.79 Å². The van der Waals surface area contributed by atoms with E-state index in [1.165, 1.54) is 11.1 Å². The Hall–Kier alpha value is -2.21. The van der Waals surface area contributed by atoms with Gasteiger partial charge in [0.1, 0.15) is 11.4 Å². The number of hydrogen-bond donors (Lipinski definition) is 1. The highest BCUT2D eigenvalue weighted by Gasteiger charge is 2.27. The number of nitrogens with one attached hydrogen (secondary N) is 1. The van der Waals surface area contributed by atoms with Crippen molar-refractivity contribution in [2.75, 3.05) is 6.54 Å². The summed E-state index contributed by atoms with van der Waals surface area (Å²) in [5.41, 5.74) is -0.271. The number of hydrogen-bond acceptors (Lipinski definition) is 4. The number of carbonyl (C=O) groups excluding carboxylic acids is 1. The standard InChI is InChI=1S/C17H19N3O2S/c1-3-8-20(10-13-7-4-11(2)23-13)17(22)14-9-18-15(12-5-6-12)19-16(14)21/h3-4,7,9,12H,1,5-6,8,10H2,2H3,(H,18,19,21). The van der Waals surface area contributed by atoms with Crippen molar-refractivity contribution in [3.05, 3.63) is 62.5 Å². The molecule has 0 unspecified atom stereocenters. The van der Waals surface area contributed by atoms with Gasteiger partial charge in [-0.1, -0.05) is 6.08 Å². The average Bonchev–Trinajstić information content (AvgIpc) is 3.29. The molecule has 0 aromatic carbocycles. The quantitative estimate of drug-likeness (QED) is 0.829. The minimum atomic E-state index is -0.358. The molecule has 2 aromatic heterocycles. The third-order valence-corrected chi connectivity index (χ3v) is 4.78. The molecule has 0 spiro atoms. The molecule has 1 saturated carbocycles. The fraction of sp³-hybridized carbons (Fsp3) is 0.353. The van der Waals surface area contributed by atoms with Gasteiger partial charge >= 0.3 is 0 Å². The lowest BCUT2D eigenvalue weighted by molar-refractivity contribution is 0.0762. The Labute approximate surface area is 138 Å². The van der Waals surface area contributed by atoms with Crippen LogP contribution in [0.25, 0.3) is 0 Å². The maximum atomic E-state index is 12.7. The molecule has 2 aromatic rings. The van der Waals surface area contributed by atoms with Gasteiger partial charge in [-0.05, 0) is 31.9 Å². The minimum Gasteiger partial charge on any atom is -0.330 e. The van der Waals surface area contributed by atoms with Crippen molar-refractivity contribution in [2.45, 2.75) is 32.2 Å². The second-order valence-electron chi connectivity index (χ2n) is 5.77. The first-order chi connectivity index (χ1) is 11.1. The van der Waals surface area contributed by atoms with E-state index in [1.54, 1.807) is 22.3 Å². The van der Waals surface area contributed by atoms with E-state index in [0.29, 0.717) is 24.8 Å². The third-order valence-electron chi connectivity index (χ3n) is 3.79. The number of aromatic nitrogens is 2. The van der Waals surface area contributed by atoms with Crippen molar-refractivity contribution in [3.8, 4) is 0 Å². The van der Waals surface area contributed by atoms with Crippen molar-refractivity contribution in [3.63, 3.8) is 0 Å². The number of amides is 1. The van der Waals surface area contributed by atoms with Crippen LogP contribution in [0.4, 0.5) is 0 Å². The van der Waals surface area contributed by atoms with Crippen molar-refractivity contribution in [2.24, 2.45) is 0 Å². The number of carbonyl (C=O) groups is 1. The van der Waals surface area contributed by atoms with Crippen molar-refractivity contribution in [1.82, 2.24) is 14.9 Å². The number of rotatable bonds is 6. The highest BCUT2D eigenvalue weighted by molar-refractivity contribution is 7.11. The molecule has 1 aliphatic rings. The summed E-state index contributed by atoms with van der Waals surface area (Å²) in [5, 5.41) is 0. The summed E-state index contributed by atoms with van der Waals surface area (Å²) in [6.45, 7) is 6.58. The smallest absolute Gasteiger partial charge is 0.263 e. The Morgan fingerprint density at radius 2 is 2.30 bits per heavy atom. The molecule has 6 heteroatoms. The molecule has 23 heavy (non-hydrogen) atoms. The molecule has 0 saturated heterocycles. The molecule has 5 nitrogen and oxygen atoms in total. The van der Waals surface area contributed by atoms with Gasteiger partial charge in [-0.15, -0.1) is 17.9 Å². The van der Waals surface area contributed by atoms with Crippen LogP contribution in [0.1, 0.15) is 44.7 Å². The maximum Gasteiger partial charge on any atom is 0.263 e. The zero-order valence-electron chi connectivity index (χ0n) is 13.0. The SMILES string of the molecule is C=CCN(Cc1ccc(C)s1)C(=O)c1cnc(C2CC2)[nH]c1=O. The van der Waals surface area contributed by atoms with Gasteiger partial charge in [0.2, 0.25) is 0 Å². The van der Waals surface area contributed by atoms with E-state index in [2.05, 4.69) is 16.5 Å². The topological polar surface area (TPSA) is 66.1 Å². The van der Waals surface area contributed by atoms with Gasteiger partial charge in [-0.25, -0.2) is 4.98 Å². The molecular weight excluding hydrogens is 310 g/mol. The second-order valence-corrected chi connectivity index (χ2v) is 7.14.